The predicted molar refractivity (Wildman–Crippen MR) is 103 cm³/mol. The monoisotopic (exact) mass is 403 g/mol. The summed E-state index contributed by atoms with van der Waals surface area (Å²) in [6.07, 6.45) is -3.87. The van der Waals surface area contributed by atoms with E-state index in [0.717, 1.165) is 11.8 Å². The number of halogens is 3. The third-order valence-electron chi connectivity index (χ3n) is 4.19. The minimum absolute atomic E-state index is 0.0361. The Hall–Kier alpha value is -3.29. The number of hydrogen-bond donors (Lipinski definition) is 0. The van der Waals surface area contributed by atoms with Gasteiger partial charge in [0.25, 0.3) is 0 Å². The van der Waals surface area contributed by atoms with Crippen molar-refractivity contribution in [1.82, 2.24) is 9.97 Å². The first kappa shape index (κ1) is 20.4. The van der Waals surface area contributed by atoms with Crippen molar-refractivity contribution < 1.29 is 22.6 Å². The molecule has 0 aliphatic rings. The van der Waals surface area contributed by atoms with E-state index in [1.165, 1.54) is 0 Å². The highest BCUT2D eigenvalue weighted by molar-refractivity contribution is 5.59. The molecule has 0 aliphatic heterocycles. The molecule has 29 heavy (non-hydrogen) atoms. The number of ether oxygens (including phenoxy) is 2. The molecule has 0 spiro atoms. The SMILES string of the molecule is CCN(c1cccc(OC)c1)c1ncc(C(F)(F)F)c(OCc2ccccc2)n1. The number of alkyl halides is 3. The van der Waals surface area contributed by atoms with E-state index in [2.05, 4.69) is 9.97 Å². The van der Waals surface area contributed by atoms with Crippen LogP contribution in [0.25, 0.3) is 0 Å². The average Bonchev–Trinajstić information content (AvgIpc) is 2.73. The summed E-state index contributed by atoms with van der Waals surface area (Å²) in [5, 5.41) is 0. The van der Waals surface area contributed by atoms with Crippen LogP contribution in [0.3, 0.4) is 0 Å². The highest BCUT2D eigenvalue weighted by Gasteiger charge is 2.36. The van der Waals surface area contributed by atoms with Gasteiger partial charge in [-0.1, -0.05) is 36.4 Å². The van der Waals surface area contributed by atoms with E-state index < -0.39 is 17.6 Å². The van der Waals surface area contributed by atoms with Crippen molar-refractivity contribution in [1.29, 1.82) is 0 Å². The fourth-order valence-corrected chi connectivity index (χ4v) is 2.74. The lowest BCUT2D eigenvalue weighted by molar-refractivity contribution is -0.139. The largest absolute Gasteiger partial charge is 0.497 e. The van der Waals surface area contributed by atoms with Gasteiger partial charge in [-0.25, -0.2) is 4.98 Å². The maximum absolute atomic E-state index is 13.4. The molecule has 1 aromatic heterocycles. The maximum atomic E-state index is 13.4. The molecule has 152 valence electrons. The molecule has 0 bridgehead atoms. The van der Waals surface area contributed by atoms with Crippen molar-refractivity contribution in [3.63, 3.8) is 0 Å². The van der Waals surface area contributed by atoms with Crippen LogP contribution in [-0.4, -0.2) is 23.6 Å². The fraction of sp³-hybridized carbons (Fsp3) is 0.238. The second-order valence-electron chi connectivity index (χ2n) is 6.11. The van der Waals surface area contributed by atoms with Crippen LogP contribution in [0.1, 0.15) is 18.1 Å². The molecule has 0 saturated carbocycles. The van der Waals surface area contributed by atoms with Crippen molar-refractivity contribution >= 4 is 11.6 Å². The van der Waals surface area contributed by atoms with Crippen molar-refractivity contribution in [2.45, 2.75) is 19.7 Å². The van der Waals surface area contributed by atoms with E-state index in [-0.39, 0.29) is 12.6 Å². The Morgan fingerprint density at radius 1 is 1.03 bits per heavy atom. The number of benzene rings is 2. The molecular formula is C21H20F3N3O2. The standard InChI is InChI=1S/C21H20F3N3O2/c1-3-27(16-10-7-11-17(12-16)28-2)20-25-13-18(21(22,23)24)19(26-20)29-14-15-8-5-4-6-9-15/h4-13H,3,14H2,1-2H3. The van der Waals surface area contributed by atoms with Gasteiger partial charge in [-0.15, -0.1) is 0 Å². The van der Waals surface area contributed by atoms with E-state index >= 15 is 0 Å². The average molecular weight is 403 g/mol. The summed E-state index contributed by atoms with van der Waals surface area (Å²) in [6, 6.07) is 16.1. The summed E-state index contributed by atoms with van der Waals surface area (Å²) in [7, 11) is 1.54. The van der Waals surface area contributed by atoms with Crippen LogP contribution in [0.4, 0.5) is 24.8 Å². The molecule has 2 aromatic carbocycles. The van der Waals surface area contributed by atoms with Gasteiger partial charge < -0.3 is 14.4 Å². The van der Waals surface area contributed by atoms with Crippen molar-refractivity contribution in [3.05, 3.63) is 71.9 Å². The molecule has 0 saturated heterocycles. The van der Waals surface area contributed by atoms with Gasteiger partial charge in [0.05, 0.1) is 7.11 Å². The van der Waals surface area contributed by atoms with Gasteiger partial charge in [0, 0.05) is 24.5 Å². The zero-order valence-electron chi connectivity index (χ0n) is 16.0. The third-order valence-corrected chi connectivity index (χ3v) is 4.19. The van der Waals surface area contributed by atoms with E-state index in [1.54, 1.807) is 60.5 Å². The molecule has 3 aromatic rings. The topological polar surface area (TPSA) is 47.5 Å². The Labute approximate surface area is 166 Å². The number of nitrogens with zero attached hydrogens (tertiary/aromatic N) is 3. The quantitative estimate of drug-likeness (QED) is 0.540. The first-order chi connectivity index (χ1) is 13.9. The van der Waals surface area contributed by atoms with Gasteiger partial charge in [0.2, 0.25) is 11.8 Å². The molecule has 3 rings (SSSR count). The summed E-state index contributed by atoms with van der Waals surface area (Å²) in [4.78, 5) is 9.71. The van der Waals surface area contributed by atoms with Crippen molar-refractivity contribution in [2.75, 3.05) is 18.6 Å². The molecule has 0 fully saturated rings. The van der Waals surface area contributed by atoms with Crippen LogP contribution >= 0.6 is 0 Å². The Kier molecular flexibility index (Phi) is 6.21. The maximum Gasteiger partial charge on any atom is 0.423 e. The van der Waals surface area contributed by atoms with Gasteiger partial charge in [0.15, 0.2) is 0 Å². The van der Waals surface area contributed by atoms with Gasteiger partial charge >= 0.3 is 6.18 Å². The van der Waals surface area contributed by atoms with E-state index in [9.17, 15) is 13.2 Å². The molecule has 0 unspecified atom stereocenters. The molecule has 8 heteroatoms. The first-order valence-electron chi connectivity index (χ1n) is 8.95. The van der Waals surface area contributed by atoms with Crippen molar-refractivity contribution in [2.24, 2.45) is 0 Å². The summed E-state index contributed by atoms with van der Waals surface area (Å²) in [5.41, 5.74) is 0.417. The van der Waals surface area contributed by atoms with Gasteiger partial charge in [0.1, 0.15) is 17.9 Å². The van der Waals surface area contributed by atoms with Crippen molar-refractivity contribution in [3.8, 4) is 11.6 Å². The van der Waals surface area contributed by atoms with E-state index in [1.807, 2.05) is 13.0 Å². The molecule has 0 atom stereocenters. The van der Waals surface area contributed by atoms with Crippen LogP contribution in [0, 0.1) is 0 Å². The van der Waals surface area contributed by atoms with Gasteiger partial charge in [-0.05, 0) is 24.6 Å². The van der Waals surface area contributed by atoms with Gasteiger partial charge in [-0.3, -0.25) is 0 Å². The highest BCUT2D eigenvalue weighted by atomic mass is 19.4. The van der Waals surface area contributed by atoms with Crippen LogP contribution in [0.2, 0.25) is 0 Å². The zero-order chi connectivity index (χ0) is 20.9. The highest BCUT2D eigenvalue weighted by Crippen LogP contribution is 2.36. The minimum atomic E-state index is -4.63. The summed E-state index contributed by atoms with van der Waals surface area (Å²) in [6.45, 7) is 2.26. The number of hydrogen-bond acceptors (Lipinski definition) is 5. The van der Waals surface area contributed by atoms with Crippen LogP contribution in [0.5, 0.6) is 11.6 Å². The molecule has 0 amide bonds. The van der Waals surface area contributed by atoms with Gasteiger partial charge in [-0.2, -0.15) is 18.2 Å². The minimum Gasteiger partial charge on any atom is -0.497 e. The molecule has 0 aliphatic carbocycles. The van der Waals surface area contributed by atoms with Crippen LogP contribution in [0.15, 0.2) is 60.8 Å². The molecule has 0 radical (unpaired) electrons. The molecule has 0 N–H and O–H groups in total. The number of anilines is 2. The third kappa shape index (κ3) is 4.96. The zero-order valence-corrected chi connectivity index (χ0v) is 16.0. The fourth-order valence-electron chi connectivity index (χ4n) is 2.74. The lowest BCUT2D eigenvalue weighted by atomic mass is 10.2. The van der Waals surface area contributed by atoms with Crippen LogP contribution in [-0.2, 0) is 12.8 Å². The normalized spacial score (nSPS) is 11.2. The van der Waals surface area contributed by atoms with E-state index in [0.29, 0.717) is 18.0 Å². The lowest BCUT2D eigenvalue weighted by Gasteiger charge is -2.23. The Morgan fingerprint density at radius 3 is 2.45 bits per heavy atom. The number of aromatic nitrogens is 2. The van der Waals surface area contributed by atoms with Crippen LogP contribution < -0.4 is 14.4 Å². The lowest BCUT2D eigenvalue weighted by Crippen LogP contribution is -2.20. The Bertz CT molecular complexity index is 949. The Balaban J connectivity index is 1.96. The summed E-state index contributed by atoms with van der Waals surface area (Å²) in [5.74, 6) is 0.220. The second-order valence-corrected chi connectivity index (χ2v) is 6.11. The first-order valence-corrected chi connectivity index (χ1v) is 8.95. The summed E-state index contributed by atoms with van der Waals surface area (Å²) < 4.78 is 50.9. The molecule has 1 heterocycles. The molecular weight excluding hydrogens is 383 g/mol. The number of methoxy groups -OCH3 is 1. The smallest absolute Gasteiger partial charge is 0.423 e. The Morgan fingerprint density at radius 2 is 1.79 bits per heavy atom. The predicted octanol–water partition coefficient (Wildman–Crippen LogP) is 5.24. The summed E-state index contributed by atoms with van der Waals surface area (Å²) >= 11 is 0. The van der Waals surface area contributed by atoms with E-state index in [4.69, 9.17) is 9.47 Å². The molecule has 5 nitrogen and oxygen atoms in total. The second kappa shape index (κ2) is 8.81. The number of rotatable bonds is 7.